The standard InChI is InChI=1S/C13H25NO/c1-9-6-7-11(10(2)8-9)14-12(15)13(3,4)5/h9-11H,6-8H2,1-5H3,(H,14,15). The quantitative estimate of drug-likeness (QED) is 0.710. The topological polar surface area (TPSA) is 29.1 Å². The number of carbonyl (C=O) groups is 1. The Morgan fingerprint density at radius 2 is 1.80 bits per heavy atom. The van der Waals surface area contributed by atoms with Crippen molar-refractivity contribution in [2.24, 2.45) is 17.3 Å². The van der Waals surface area contributed by atoms with E-state index in [1.165, 1.54) is 12.8 Å². The van der Waals surface area contributed by atoms with Crippen LogP contribution < -0.4 is 5.32 Å². The van der Waals surface area contributed by atoms with Crippen LogP contribution in [-0.4, -0.2) is 11.9 Å². The molecule has 0 aromatic rings. The fourth-order valence-electron chi connectivity index (χ4n) is 2.26. The van der Waals surface area contributed by atoms with Crippen molar-refractivity contribution in [2.45, 2.75) is 59.9 Å². The van der Waals surface area contributed by atoms with Gasteiger partial charge in [0.2, 0.25) is 5.91 Å². The van der Waals surface area contributed by atoms with Crippen molar-refractivity contribution in [3.63, 3.8) is 0 Å². The number of carbonyl (C=O) groups excluding carboxylic acids is 1. The molecule has 1 amide bonds. The predicted octanol–water partition coefficient (Wildman–Crippen LogP) is 2.97. The zero-order chi connectivity index (χ0) is 11.6. The van der Waals surface area contributed by atoms with Gasteiger partial charge in [-0.2, -0.15) is 0 Å². The van der Waals surface area contributed by atoms with Gasteiger partial charge in [0.05, 0.1) is 0 Å². The summed E-state index contributed by atoms with van der Waals surface area (Å²) in [5.74, 6) is 1.64. The van der Waals surface area contributed by atoms with Gasteiger partial charge in [-0.25, -0.2) is 0 Å². The van der Waals surface area contributed by atoms with Gasteiger partial charge >= 0.3 is 0 Å². The minimum absolute atomic E-state index is 0.189. The molecule has 1 aliphatic carbocycles. The number of rotatable bonds is 1. The Balaban J connectivity index is 2.49. The van der Waals surface area contributed by atoms with Crippen LogP contribution in [-0.2, 0) is 4.79 Å². The lowest BCUT2D eigenvalue weighted by atomic mass is 9.79. The second kappa shape index (κ2) is 4.54. The van der Waals surface area contributed by atoms with E-state index in [9.17, 15) is 4.79 Å². The van der Waals surface area contributed by atoms with E-state index < -0.39 is 0 Å². The second-order valence-corrected chi connectivity index (χ2v) is 6.23. The fraction of sp³-hybridized carbons (Fsp3) is 0.923. The molecule has 2 nitrogen and oxygen atoms in total. The summed E-state index contributed by atoms with van der Waals surface area (Å²) in [7, 11) is 0. The third kappa shape index (κ3) is 3.51. The van der Waals surface area contributed by atoms with Crippen LogP contribution >= 0.6 is 0 Å². The summed E-state index contributed by atoms with van der Waals surface area (Å²) in [6, 6.07) is 0.396. The lowest BCUT2D eigenvalue weighted by Gasteiger charge is -2.34. The minimum atomic E-state index is -0.261. The van der Waals surface area contributed by atoms with Gasteiger partial charge in [-0.1, -0.05) is 34.6 Å². The summed E-state index contributed by atoms with van der Waals surface area (Å²) < 4.78 is 0. The molecule has 0 bridgehead atoms. The summed E-state index contributed by atoms with van der Waals surface area (Å²) in [6.07, 6.45) is 3.64. The zero-order valence-electron chi connectivity index (χ0n) is 10.8. The summed E-state index contributed by atoms with van der Waals surface area (Å²) in [5.41, 5.74) is -0.261. The maximum absolute atomic E-state index is 11.8. The van der Waals surface area contributed by atoms with E-state index >= 15 is 0 Å². The molecule has 0 saturated heterocycles. The molecule has 1 saturated carbocycles. The largest absolute Gasteiger partial charge is 0.353 e. The van der Waals surface area contributed by atoms with Crippen LogP contribution in [0.4, 0.5) is 0 Å². The second-order valence-electron chi connectivity index (χ2n) is 6.23. The first kappa shape index (κ1) is 12.5. The van der Waals surface area contributed by atoms with E-state index in [1.807, 2.05) is 20.8 Å². The highest BCUT2D eigenvalue weighted by atomic mass is 16.2. The maximum atomic E-state index is 11.8. The van der Waals surface area contributed by atoms with Gasteiger partial charge < -0.3 is 5.32 Å². The monoisotopic (exact) mass is 211 g/mol. The Kier molecular flexibility index (Phi) is 3.80. The molecule has 1 rings (SSSR count). The molecule has 15 heavy (non-hydrogen) atoms. The molecular formula is C13H25NO. The van der Waals surface area contributed by atoms with Gasteiger partial charge in [0.15, 0.2) is 0 Å². The molecule has 2 heteroatoms. The van der Waals surface area contributed by atoms with Crippen LogP contribution in [0.3, 0.4) is 0 Å². The van der Waals surface area contributed by atoms with Crippen LogP contribution in [0, 0.1) is 17.3 Å². The normalized spacial score (nSPS) is 32.5. The van der Waals surface area contributed by atoms with E-state index in [1.54, 1.807) is 0 Å². The number of hydrogen-bond acceptors (Lipinski definition) is 1. The first-order valence-corrected chi connectivity index (χ1v) is 6.11. The van der Waals surface area contributed by atoms with Crippen molar-refractivity contribution < 1.29 is 4.79 Å². The van der Waals surface area contributed by atoms with Gasteiger partial charge in [0, 0.05) is 11.5 Å². The molecular weight excluding hydrogens is 186 g/mol. The average Bonchev–Trinajstić information content (AvgIpc) is 2.08. The van der Waals surface area contributed by atoms with Gasteiger partial charge in [0.1, 0.15) is 0 Å². The summed E-state index contributed by atoms with van der Waals surface area (Å²) >= 11 is 0. The SMILES string of the molecule is CC1CCC(NC(=O)C(C)(C)C)C(C)C1. The van der Waals surface area contributed by atoms with E-state index in [2.05, 4.69) is 19.2 Å². The molecule has 1 fully saturated rings. The van der Waals surface area contributed by atoms with Gasteiger partial charge in [-0.15, -0.1) is 0 Å². The lowest BCUT2D eigenvalue weighted by Crippen LogP contribution is -2.46. The highest BCUT2D eigenvalue weighted by Gasteiger charge is 2.29. The first-order chi connectivity index (χ1) is 6.80. The van der Waals surface area contributed by atoms with Crippen molar-refractivity contribution in [3.8, 4) is 0 Å². The molecule has 0 aromatic carbocycles. The van der Waals surface area contributed by atoms with Crippen LogP contribution in [0.2, 0.25) is 0 Å². The Bertz CT molecular complexity index is 229. The molecule has 1 N–H and O–H groups in total. The minimum Gasteiger partial charge on any atom is -0.353 e. The molecule has 0 aliphatic heterocycles. The molecule has 1 aliphatic rings. The number of nitrogens with one attached hydrogen (secondary N) is 1. The highest BCUT2D eigenvalue weighted by molar-refractivity contribution is 5.81. The van der Waals surface area contributed by atoms with Gasteiger partial charge in [-0.3, -0.25) is 4.79 Å². The van der Waals surface area contributed by atoms with Crippen molar-refractivity contribution in [1.82, 2.24) is 5.32 Å². The first-order valence-electron chi connectivity index (χ1n) is 6.11. The Morgan fingerprint density at radius 3 is 2.27 bits per heavy atom. The van der Waals surface area contributed by atoms with Gasteiger partial charge in [-0.05, 0) is 31.1 Å². The molecule has 88 valence electrons. The maximum Gasteiger partial charge on any atom is 0.225 e. The van der Waals surface area contributed by atoms with Crippen molar-refractivity contribution >= 4 is 5.91 Å². The van der Waals surface area contributed by atoms with E-state index in [-0.39, 0.29) is 11.3 Å². The highest BCUT2D eigenvalue weighted by Crippen LogP contribution is 2.29. The molecule has 0 spiro atoms. The molecule has 0 radical (unpaired) electrons. The molecule has 0 aromatic heterocycles. The van der Waals surface area contributed by atoms with E-state index in [4.69, 9.17) is 0 Å². The van der Waals surface area contributed by atoms with Crippen molar-refractivity contribution in [2.75, 3.05) is 0 Å². The average molecular weight is 211 g/mol. The zero-order valence-corrected chi connectivity index (χ0v) is 10.8. The molecule has 3 unspecified atom stereocenters. The van der Waals surface area contributed by atoms with Crippen molar-refractivity contribution in [1.29, 1.82) is 0 Å². The van der Waals surface area contributed by atoms with Crippen LogP contribution in [0.5, 0.6) is 0 Å². The van der Waals surface area contributed by atoms with Crippen LogP contribution in [0.15, 0.2) is 0 Å². The summed E-state index contributed by atoms with van der Waals surface area (Å²) in [5, 5.41) is 3.19. The molecule has 0 heterocycles. The van der Waals surface area contributed by atoms with Crippen LogP contribution in [0.25, 0.3) is 0 Å². The summed E-state index contributed by atoms with van der Waals surface area (Å²) in [4.78, 5) is 11.8. The Hall–Kier alpha value is -0.530. The third-order valence-electron chi connectivity index (χ3n) is 3.43. The Morgan fingerprint density at radius 1 is 1.20 bits per heavy atom. The third-order valence-corrected chi connectivity index (χ3v) is 3.43. The lowest BCUT2D eigenvalue weighted by molar-refractivity contribution is -0.129. The van der Waals surface area contributed by atoms with E-state index in [0.29, 0.717) is 12.0 Å². The van der Waals surface area contributed by atoms with Gasteiger partial charge in [0.25, 0.3) is 0 Å². The fourth-order valence-corrected chi connectivity index (χ4v) is 2.26. The van der Waals surface area contributed by atoms with Crippen LogP contribution in [0.1, 0.15) is 53.9 Å². The Labute approximate surface area is 93.8 Å². The molecule has 3 atom stereocenters. The predicted molar refractivity (Wildman–Crippen MR) is 63.6 cm³/mol. The smallest absolute Gasteiger partial charge is 0.225 e. The van der Waals surface area contributed by atoms with E-state index in [0.717, 1.165) is 12.3 Å². The van der Waals surface area contributed by atoms with Crippen molar-refractivity contribution in [3.05, 3.63) is 0 Å². The summed E-state index contributed by atoms with van der Waals surface area (Å²) in [6.45, 7) is 10.5. The number of amides is 1. The number of hydrogen-bond donors (Lipinski definition) is 1.